The number of nitrogens with zero attached hydrogens (tertiary/aromatic N) is 1. The van der Waals surface area contributed by atoms with Crippen LogP contribution in [0.1, 0.15) is 25.8 Å². The van der Waals surface area contributed by atoms with Gasteiger partial charge in [-0.25, -0.2) is 9.79 Å². The van der Waals surface area contributed by atoms with Crippen LogP contribution in [-0.2, 0) is 6.42 Å². The summed E-state index contributed by atoms with van der Waals surface area (Å²) in [6.07, 6.45) is 4.78. The van der Waals surface area contributed by atoms with Crippen LogP contribution in [0.4, 0.5) is 4.79 Å². The summed E-state index contributed by atoms with van der Waals surface area (Å²) in [6, 6.07) is 5.06. The molecular weight excluding hydrogens is 399 g/mol. The lowest BCUT2D eigenvalue weighted by Crippen LogP contribution is -2.12. The molecule has 0 radical (unpaired) electrons. The number of amides is 2. The first kappa shape index (κ1) is 21.9. The van der Waals surface area contributed by atoms with Crippen molar-refractivity contribution in [3.8, 4) is 0 Å². The summed E-state index contributed by atoms with van der Waals surface area (Å²) in [4.78, 5) is 14.6. The number of carbonyl (C=O) groups excluding carboxylic acids is 1. The van der Waals surface area contributed by atoms with Gasteiger partial charge in [0.05, 0.1) is 0 Å². The van der Waals surface area contributed by atoms with E-state index in [0.717, 1.165) is 24.0 Å². The third-order valence-corrected chi connectivity index (χ3v) is 3.39. The van der Waals surface area contributed by atoms with Crippen molar-refractivity contribution in [2.24, 2.45) is 4.99 Å². The summed E-state index contributed by atoms with van der Waals surface area (Å²) in [6.45, 7) is 7.97. The van der Waals surface area contributed by atoms with E-state index in [1.54, 1.807) is 6.07 Å². The third kappa shape index (κ3) is 10.3. The molecule has 0 aliphatic rings. The summed E-state index contributed by atoms with van der Waals surface area (Å²) in [5.74, 6) is 0. The molecule has 1 aromatic rings. The summed E-state index contributed by atoms with van der Waals surface area (Å²) < 4.78 is 0.681. The number of hydrogen-bond donors (Lipinski definition) is 1. The van der Waals surface area contributed by atoms with Crippen molar-refractivity contribution >= 4 is 51.4 Å². The molecule has 6 heteroatoms. The Hall–Kier alpha value is -1.10. The second-order valence-electron chi connectivity index (χ2n) is 4.28. The fourth-order valence-electron chi connectivity index (χ4n) is 1.55. The number of carbonyl (C=O) groups is 1. The van der Waals surface area contributed by atoms with Crippen molar-refractivity contribution in [1.29, 1.82) is 0 Å². The topological polar surface area (TPSA) is 41.5 Å². The molecule has 0 unspecified atom stereocenters. The van der Waals surface area contributed by atoms with Crippen LogP contribution in [0, 0.1) is 0 Å². The van der Waals surface area contributed by atoms with Gasteiger partial charge in [-0.05, 0) is 58.6 Å². The molecule has 3 nitrogen and oxygen atoms in total. The van der Waals surface area contributed by atoms with E-state index in [2.05, 4.69) is 32.8 Å². The van der Waals surface area contributed by atoms with Gasteiger partial charge in [0.2, 0.25) is 0 Å². The zero-order valence-electron chi connectivity index (χ0n) is 13.5. The van der Waals surface area contributed by atoms with Gasteiger partial charge in [0.1, 0.15) is 0 Å². The van der Waals surface area contributed by atoms with Crippen molar-refractivity contribution in [2.45, 2.75) is 26.7 Å². The van der Waals surface area contributed by atoms with E-state index in [9.17, 15) is 4.79 Å². The Kier molecular flexibility index (Phi) is 11.7. The second kappa shape index (κ2) is 12.3. The minimum absolute atomic E-state index is 0.403. The Bertz CT molecular complexity index is 578. The highest BCUT2D eigenvalue weighted by Gasteiger charge is 2.00. The quantitative estimate of drug-likeness (QED) is 0.448. The van der Waals surface area contributed by atoms with Crippen molar-refractivity contribution in [3.63, 3.8) is 0 Å². The number of nitrogens with one attached hydrogen (secondary N) is 1. The number of benzene rings is 1. The summed E-state index contributed by atoms with van der Waals surface area (Å²) >= 11 is 15.2. The van der Waals surface area contributed by atoms with E-state index < -0.39 is 6.03 Å². The number of halogens is 3. The lowest BCUT2D eigenvalue weighted by molar-refractivity contribution is 0.251. The standard InChI is InChI=1S/C15H15BrCl2N2O.C2H6/c1-10(5-12(16)9-20-15(21)19-2)3-4-11-6-13(17)8-14(18)7-11;1-2/h5-9H,1,3-4H2,2H3,(H,19,21);1-2H3/b12-5+,20-9-;. The van der Waals surface area contributed by atoms with E-state index in [1.807, 2.05) is 32.1 Å². The highest BCUT2D eigenvalue weighted by Crippen LogP contribution is 2.21. The van der Waals surface area contributed by atoms with E-state index in [1.165, 1.54) is 13.3 Å². The van der Waals surface area contributed by atoms with Crippen LogP contribution in [0.2, 0.25) is 10.0 Å². The number of allylic oxidation sites excluding steroid dienone is 3. The van der Waals surface area contributed by atoms with Crippen molar-refractivity contribution in [2.75, 3.05) is 7.05 Å². The molecule has 0 saturated carbocycles. The van der Waals surface area contributed by atoms with E-state index in [0.29, 0.717) is 14.5 Å². The first-order valence-corrected chi connectivity index (χ1v) is 8.71. The minimum atomic E-state index is -0.403. The number of rotatable bonds is 5. The predicted octanol–water partition coefficient (Wildman–Crippen LogP) is 6.20. The van der Waals surface area contributed by atoms with Crippen LogP contribution in [0.15, 0.2) is 45.9 Å². The van der Waals surface area contributed by atoms with Crippen LogP contribution >= 0.6 is 39.1 Å². The zero-order chi connectivity index (χ0) is 17.8. The Morgan fingerprint density at radius 1 is 1.30 bits per heavy atom. The minimum Gasteiger partial charge on any atom is -0.339 e. The average Bonchev–Trinajstić information content (AvgIpc) is 2.51. The molecule has 0 atom stereocenters. The van der Waals surface area contributed by atoms with Crippen molar-refractivity contribution in [1.82, 2.24) is 5.32 Å². The normalized spacial score (nSPS) is 11.0. The van der Waals surface area contributed by atoms with Crippen molar-refractivity contribution in [3.05, 3.63) is 56.5 Å². The number of aliphatic imine (C=N–C) groups is 1. The molecule has 23 heavy (non-hydrogen) atoms. The molecule has 1 aromatic carbocycles. The predicted molar refractivity (Wildman–Crippen MR) is 105 cm³/mol. The molecule has 126 valence electrons. The monoisotopic (exact) mass is 418 g/mol. The van der Waals surface area contributed by atoms with Gasteiger partial charge in [0.25, 0.3) is 0 Å². The maximum Gasteiger partial charge on any atom is 0.340 e. The smallest absolute Gasteiger partial charge is 0.339 e. The highest BCUT2D eigenvalue weighted by atomic mass is 79.9. The van der Waals surface area contributed by atoms with Gasteiger partial charge in [-0.2, -0.15) is 0 Å². The lowest BCUT2D eigenvalue weighted by atomic mass is 10.1. The molecule has 0 fully saturated rings. The lowest BCUT2D eigenvalue weighted by Gasteiger charge is -2.04. The zero-order valence-corrected chi connectivity index (χ0v) is 16.6. The van der Waals surface area contributed by atoms with Crippen LogP contribution in [0.25, 0.3) is 0 Å². The molecule has 1 rings (SSSR count). The molecule has 1 N–H and O–H groups in total. The average molecular weight is 420 g/mol. The Labute approximate surface area is 156 Å². The fraction of sp³-hybridized carbons (Fsp3) is 0.294. The third-order valence-electron chi connectivity index (χ3n) is 2.52. The maximum absolute atomic E-state index is 11.0. The molecular formula is C17H21BrCl2N2O. The molecule has 2 amide bonds. The van der Waals surface area contributed by atoms with Gasteiger partial charge in [-0.3, -0.25) is 0 Å². The van der Waals surface area contributed by atoms with Crippen molar-refractivity contribution < 1.29 is 4.79 Å². The van der Waals surface area contributed by atoms with E-state index in [4.69, 9.17) is 23.2 Å². The van der Waals surface area contributed by atoms with Gasteiger partial charge < -0.3 is 5.32 Å². The Morgan fingerprint density at radius 2 is 1.87 bits per heavy atom. The number of aryl methyl sites for hydroxylation is 1. The van der Waals surface area contributed by atoms with Gasteiger partial charge in [0, 0.05) is 27.8 Å². The Morgan fingerprint density at radius 3 is 2.39 bits per heavy atom. The summed E-state index contributed by atoms with van der Waals surface area (Å²) in [5, 5.41) is 3.64. The molecule has 0 spiro atoms. The number of urea groups is 1. The molecule has 0 heterocycles. The molecule has 0 aliphatic carbocycles. The molecule has 0 saturated heterocycles. The Balaban J connectivity index is 0.00000232. The van der Waals surface area contributed by atoms with Gasteiger partial charge in [-0.15, -0.1) is 0 Å². The van der Waals surface area contributed by atoms with E-state index in [-0.39, 0.29) is 0 Å². The van der Waals surface area contributed by atoms with Gasteiger partial charge in [-0.1, -0.05) is 49.2 Å². The largest absolute Gasteiger partial charge is 0.340 e. The molecule has 0 bridgehead atoms. The van der Waals surface area contributed by atoms with Crippen LogP contribution in [0.5, 0.6) is 0 Å². The fourth-order valence-corrected chi connectivity index (χ4v) is 2.55. The summed E-state index contributed by atoms with van der Waals surface area (Å²) in [5.41, 5.74) is 1.96. The van der Waals surface area contributed by atoms with E-state index >= 15 is 0 Å². The number of hydrogen-bond acceptors (Lipinski definition) is 1. The van der Waals surface area contributed by atoms with Crippen LogP contribution in [0.3, 0.4) is 0 Å². The SMILES string of the molecule is C=C(/C=C(Br)\C=N/C(=O)NC)CCc1cc(Cl)cc(Cl)c1.CC. The van der Waals surface area contributed by atoms with Gasteiger partial charge in [0.15, 0.2) is 0 Å². The van der Waals surface area contributed by atoms with Gasteiger partial charge >= 0.3 is 6.03 Å². The molecule has 0 aromatic heterocycles. The first-order valence-electron chi connectivity index (χ1n) is 7.16. The molecule has 0 aliphatic heterocycles. The van der Waals surface area contributed by atoms with Crippen LogP contribution < -0.4 is 5.32 Å². The summed E-state index contributed by atoms with van der Waals surface area (Å²) in [7, 11) is 1.52. The maximum atomic E-state index is 11.0. The second-order valence-corrected chi connectivity index (χ2v) is 6.07. The van der Waals surface area contributed by atoms with Crippen LogP contribution in [-0.4, -0.2) is 19.3 Å². The highest BCUT2D eigenvalue weighted by molar-refractivity contribution is 9.12. The first-order chi connectivity index (χ1) is 10.9.